The minimum atomic E-state index is -0.199. The molecule has 21 heavy (non-hydrogen) atoms. The number of piperidine rings is 1. The number of benzene rings is 1. The van der Waals surface area contributed by atoms with Gasteiger partial charge in [0, 0.05) is 13.1 Å². The first-order valence-corrected chi connectivity index (χ1v) is 7.06. The van der Waals surface area contributed by atoms with Crippen LogP contribution < -0.4 is 19.6 Å². The zero-order chi connectivity index (χ0) is 15.2. The number of hydrogen-bond donors (Lipinski definition) is 1. The van der Waals surface area contributed by atoms with Crippen LogP contribution in [0, 0.1) is 0 Å². The highest BCUT2D eigenvalue weighted by Crippen LogP contribution is 2.39. The number of rotatable bonds is 5. The summed E-state index contributed by atoms with van der Waals surface area (Å²) in [4.78, 5) is 12.4. The van der Waals surface area contributed by atoms with E-state index in [1.807, 2.05) is 5.01 Å². The Morgan fingerprint density at radius 3 is 2.24 bits per heavy atom. The average molecular weight is 294 g/mol. The molecule has 1 aromatic carbocycles. The molecule has 1 aliphatic rings. The summed E-state index contributed by atoms with van der Waals surface area (Å²) in [6, 6.07) is 3.38. The maximum Gasteiger partial charge on any atom is 0.269 e. The molecule has 0 unspecified atom stereocenters. The van der Waals surface area contributed by atoms with Gasteiger partial charge in [0.2, 0.25) is 5.75 Å². The Labute approximate surface area is 124 Å². The van der Waals surface area contributed by atoms with Crippen molar-refractivity contribution in [2.24, 2.45) is 0 Å². The van der Waals surface area contributed by atoms with Gasteiger partial charge in [-0.2, -0.15) is 0 Å². The van der Waals surface area contributed by atoms with E-state index in [2.05, 4.69) is 5.43 Å². The third kappa shape index (κ3) is 3.39. The van der Waals surface area contributed by atoms with E-state index in [0.29, 0.717) is 22.8 Å². The van der Waals surface area contributed by atoms with E-state index in [1.54, 1.807) is 19.2 Å². The van der Waals surface area contributed by atoms with Crippen molar-refractivity contribution in [1.82, 2.24) is 10.4 Å². The van der Waals surface area contributed by atoms with Gasteiger partial charge in [0.05, 0.1) is 26.9 Å². The number of carbonyl (C=O) groups is 1. The number of nitrogens with one attached hydrogen (secondary N) is 1. The van der Waals surface area contributed by atoms with Crippen molar-refractivity contribution in [2.75, 3.05) is 34.4 Å². The van der Waals surface area contributed by atoms with Gasteiger partial charge >= 0.3 is 0 Å². The first kappa shape index (κ1) is 15.4. The highest BCUT2D eigenvalue weighted by molar-refractivity contribution is 5.98. The fourth-order valence-electron chi connectivity index (χ4n) is 2.49. The predicted molar refractivity (Wildman–Crippen MR) is 79.0 cm³/mol. The monoisotopic (exact) mass is 294 g/mol. The second-order valence-corrected chi connectivity index (χ2v) is 4.87. The molecule has 116 valence electrons. The largest absolute Gasteiger partial charge is 0.493 e. The van der Waals surface area contributed by atoms with E-state index in [9.17, 15) is 4.79 Å². The van der Waals surface area contributed by atoms with Gasteiger partial charge in [-0.25, -0.2) is 5.01 Å². The van der Waals surface area contributed by atoms with Crippen molar-refractivity contribution in [1.29, 1.82) is 0 Å². The van der Waals surface area contributed by atoms with E-state index in [1.165, 1.54) is 20.6 Å². The number of ether oxygens (including phenoxy) is 3. The minimum absolute atomic E-state index is 0.199. The Kier molecular flexibility index (Phi) is 5.27. The molecule has 2 rings (SSSR count). The summed E-state index contributed by atoms with van der Waals surface area (Å²) in [5.41, 5.74) is 3.35. The van der Waals surface area contributed by atoms with Crippen molar-refractivity contribution < 1.29 is 19.0 Å². The SMILES string of the molecule is COc1ccc(C(=O)NN2CCCCC2)c(OC)c1OC. The summed E-state index contributed by atoms with van der Waals surface area (Å²) < 4.78 is 15.8. The van der Waals surface area contributed by atoms with Crippen LogP contribution in [0.15, 0.2) is 12.1 Å². The highest BCUT2D eigenvalue weighted by Gasteiger charge is 2.22. The first-order chi connectivity index (χ1) is 10.2. The molecule has 0 aromatic heterocycles. The number of nitrogens with zero attached hydrogens (tertiary/aromatic N) is 1. The van der Waals surface area contributed by atoms with E-state index in [-0.39, 0.29) is 5.91 Å². The summed E-state index contributed by atoms with van der Waals surface area (Å²) in [7, 11) is 4.58. The number of hydrogen-bond acceptors (Lipinski definition) is 5. The molecule has 0 aliphatic carbocycles. The minimum Gasteiger partial charge on any atom is -0.493 e. The topological polar surface area (TPSA) is 60.0 Å². The van der Waals surface area contributed by atoms with E-state index in [0.717, 1.165) is 25.9 Å². The molecule has 1 N–H and O–H groups in total. The Morgan fingerprint density at radius 2 is 1.67 bits per heavy atom. The molecule has 1 saturated heterocycles. The molecule has 6 heteroatoms. The van der Waals surface area contributed by atoms with Gasteiger partial charge in [0.1, 0.15) is 0 Å². The summed E-state index contributed by atoms with van der Waals surface area (Å²) in [6.07, 6.45) is 3.42. The molecule has 0 radical (unpaired) electrons. The zero-order valence-electron chi connectivity index (χ0n) is 12.8. The lowest BCUT2D eigenvalue weighted by Gasteiger charge is -2.27. The van der Waals surface area contributed by atoms with Crippen LogP contribution >= 0.6 is 0 Å². The Morgan fingerprint density at radius 1 is 1.00 bits per heavy atom. The molecule has 0 bridgehead atoms. The number of hydrazine groups is 1. The Bertz CT molecular complexity index is 499. The van der Waals surface area contributed by atoms with Crippen LogP contribution in [0.1, 0.15) is 29.6 Å². The van der Waals surface area contributed by atoms with E-state index in [4.69, 9.17) is 14.2 Å². The lowest BCUT2D eigenvalue weighted by molar-refractivity contribution is 0.0746. The highest BCUT2D eigenvalue weighted by atomic mass is 16.5. The molecule has 6 nitrogen and oxygen atoms in total. The van der Waals surface area contributed by atoms with Crippen LogP contribution in [0.5, 0.6) is 17.2 Å². The standard InChI is InChI=1S/C15H22N2O4/c1-19-12-8-7-11(13(20-2)14(12)21-3)15(18)16-17-9-5-4-6-10-17/h7-8H,4-6,9-10H2,1-3H3,(H,16,18). The molecule has 0 saturated carbocycles. The number of methoxy groups -OCH3 is 3. The molecule has 1 heterocycles. The third-order valence-corrected chi connectivity index (χ3v) is 3.56. The number of carbonyl (C=O) groups excluding carboxylic acids is 1. The first-order valence-electron chi connectivity index (χ1n) is 7.06. The van der Waals surface area contributed by atoms with Gasteiger partial charge in [0.15, 0.2) is 11.5 Å². The number of amides is 1. The molecule has 1 fully saturated rings. The van der Waals surface area contributed by atoms with Crippen LogP contribution in [0.25, 0.3) is 0 Å². The second-order valence-electron chi connectivity index (χ2n) is 4.87. The van der Waals surface area contributed by atoms with E-state index < -0.39 is 0 Å². The van der Waals surface area contributed by atoms with Crippen molar-refractivity contribution in [3.8, 4) is 17.2 Å². The fraction of sp³-hybridized carbons (Fsp3) is 0.533. The Hall–Kier alpha value is -1.95. The third-order valence-electron chi connectivity index (χ3n) is 3.56. The quantitative estimate of drug-likeness (QED) is 0.898. The fourth-order valence-corrected chi connectivity index (χ4v) is 2.49. The average Bonchev–Trinajstić information content (AvgIpc) is 2.53. The van der Waals surface area contributed by atoms with Crippen molar-refractivity contribution in [2.45, 2.75) is 19.3 Å². The summed E-state index contributed by atoms with van der Waals surface area (Å²) in [6.45, 7) is 1.75. The van der Waals surface area contributed by atoms with Gasteiger partial charge in [0.25, 0.3) is 5.91 Å². The van der Waals surface area contributed by atoms with Gasteiger partial charge in [-0.1, -0.05) is 6.42 Å². The van der Waals surface area contributed by atoms with Crippen LogP contribution in [0.4, 0.5) is 0 Å². The molecule has 0 atom stereocenters. The predicted octanol–water partition coefficient (Wildman–Crippen LogP) is 1.84. The van der Waals surface area contributed by atoms with Crippen molar-refractivity contribution in [3.05, 3.63) is 17.7 Å². The molecule has 1 aromatic rings. The molecular formula is C15H22N2O4. The summed E-state index contributed by atoms with van der Waals surface area (Å²) in [5, 5.41) is 1.95. The zero-order valence-corrected chi connectivity index (χ0v) is 12.8. The lowest BCUT2D eigenvalue weighted by Crippen LogP contribution is -2.45. The van der Waals surface area contributed by atoms with Crippen LogP contribution in [-0.2, 0) is 0 Å². The molecule has 0 spiro atoms. The molecule has 1 aliphatic heterocycles. The van der Waals surface area contributed by atoms with Crippen molar-refractivity contribution in [3.63, 3.8) is 0 Å². The van der Waals surface area contributed by atoms with Gasteiger partial charge in [-0.15, -0.1) is 0 Å². The van der Waals surface area contributed by atoms with Crippen LogP contribution in [0.2, 0.25) is 0 Å². The Balaban J connectivity index is 2.23. The van der Waals surface area contributed by atoms with Gasteiger partial charge in [-0.3, -0.25) is 10.2 Å². The lowest BCUT2D eigenvalue weighted by atomic mass is 10.1. The maximum atomic E-state index is 12.4. The van der Waals surface area contributed by atoms with Gasteiger partial charge < -0.3 is 14.2 Å². The normalized spacial score (nSPS) is 15.4. The summed E-state index contributed by atoms with van der Waals surface area (Å²) in [5.74, 6) is 1.14. The summed E-state index contributed by atoms with van der Waals surface area (Å²) >= 11 is 0. The van der Waals surface area contributed by atoms with Crippen molar-refractivity contribution >= 4 is 5.91 Å². The van der Waals surface area contributed by atoms with Crippen LogP contribution in [-0.4, -0.2) is 45.3 Å². The van der Waals surface area contributed by atoms with Gasteiger partial charge in [-0.05, 0) is 25.0 Å². The molecular weight excluding hydrogens is 272 g/mol. The van der Waals surface area contributed by atoms with E-state index >= 15 is 0 Å². The molecule has 1 amide bonds. The second kappa shape index (κ2) is 7.17. The maximum absolute atomic E-state index is 12.4. The van der Waals surface area contributed by atoms with Crippen LogP contribution in [0.3, 0.4) is 0 Å². The smallest absolute Gasteiger partial charge is 0.269 e.